The minimum atomic E-state index is -1.34. The molecule has 0 bridgehead atoms. The van der Waals surface area contributed by atoms with Gasteiger partial charge in [0.2, 0.25) is 0 Å². The molecule has 0 spiro atoms. The lowest BCUT2D eigenvalue weighted by Crippen LogP contribution is -2.47. The molecule has 2 saturated heterocycles. The molecule has 5 rings (SSSR count). The van der Waals surface area contributed by atoms with Crippen LogP contribution in [0.1, 0.15) is 18.4 Å². The van der Waals surface area contributed by atoms with E-state index in [1.54, 1.807) is 22.8 Å². The minimum absolute atomic E-state index is 0.0408. The predicted molar refractivity (Wildman–Crippen MR) is 144 cm³/mol. The van der Waals surface area contributed by atoms with E-state index in [4.69, 9.17) is 9.84 Å². The normalized spacial score (nSPS) is 16.8. The van der Waals surface area contributed by atoms with Gasteiger partial charge in [0.05, 0.1) is 5.52 Å². The first-order valence-corrected chi connectivity index (χ1v) is 13.2. The number of nitrogens with one attached hydrogen (secondary N) is 1. The van der Waals surface area contributed by atoms with Crippen molar-refractivity contribution in [1.82, 2.24) is 19.7 Å². The van der Waals surface area contributed by atoms with E-state index in [9.17, 15) is 9.59 Å². The Labute approximate surface area is 217 Å². The Balaban J connectivity index is 1.21. The third kappa shape index (κ3) is 6.06. The number of fused-ring (bicyclic) bond motifs is 1. The number of nitrogens with zero attached hydrogens (tertiary/aromatic N) is 4. The van der Waals surface area contributed by atoms with Crippen molar-refractivity contribution in [2.45, 2.75) is 19.3 Å². The van der Waals surface area contributed by atoms with E-state index in [2.05, 4.69) is 45.4 Å². The van der Waals surface area contributed by atoms with Gasteiger partial charge in [0.15, 0.2) is 0 Å². The number of para-hydroxylation sites is 1. The van der Waals surface area contributed by atoms with Crippen LogP contribution in [0.3, 0.4) is 0 Å². The molecule has 9 heteroatoms. The first-order chi connectivity index (χ1) is 18.1. The van der Waals surface area contributed by atoms with Crippen molar-refractivity contribution in [2.24, 2.45) is 0 Å². The van der Waals surface area contributed by atoms with E-state index in [-0.39, 0.29) is 11.8 Å². The quantitative estimate of drug-likeness (QED) is 0.287. The molecule has 3 aromatic rings. The smallest absolute Gasteiger partial charge is 0.449 e. The predicted octanol–water partition coefficient (Wildman–Crippen LogP) is 3.72. The number of rotatable bonds is 7. The second kappa shape index (κ2) is 11.7. The highest BCUT2D eigenvalue weighted by Gasteiger charge is 2.22. The number of anilines is 1. The van der Waals surface area contributed by atoms with Crippen LogP contribution < -0.4 is 15.0 Å². The molecule has 0 radical (unpaired) electrons. The maximum atomic E-state index is 13.3. The largest absolute Gasteiger partial charge is 0.511 e. The fraction of sp³-hybridized carbons (Fsp3) is 0.429. The van der Waals surface area contributed by atoms with Crippen LogP contribution in [-0.2, 0) is 6.42 Å². The molecule has 0 atom stereocenters. The average Bonchev–Trinajstić information content (AvgIpc) is 3.29. The number of piperazine rings is 2. The summed E-state index contributed by atoms with van der Waals surface area (Å²) in [5.74, 6) is 0.268. The zero-order valence-electron chi connectivity index (χ0n) is 21.1. The molecule has 9 nitrogen and oxygen atoms in total. The van der Waals surface area contributed by atoms with Gasteiger partial charge < -0.3 is 25.0 Å². The minimum Gasteiger partial charge on any atom is -0.449 e. The number of unbranched alkanes of at least 4 members (excludes halogenated alkanes) is 1. The summed E-state index contributed by atoms with van der Waals surface area (Å²) >= 11 is 0. The van der Waals surface area contributed by atoms with Crippen LogP contribution in [0.15, 0.2) is 54.7 Å². The van der Waals surface area contributed by atoms with Crippen LogP contribution in [0.2, 0.25) is 0 Å². The van der Waals surface area contributed by atoms with Crippen LogP contribution in [0.4, 0.5) is 15.3 Å². The third-order valence-electron chi connectivity index (χ3n) is 7.32. The van der Waals surface area contributed by atoms with E-state index < -0.39 is 6.16 Å². The standard InChI is InChI=1S/C28H35N5O4/c34-27(32-14-11-29-12-15-32)33-21-22(25-20-24(37-28(35)36)9-10-26(25)33)6-4-5-13-30-16-18-31(19-17-30)23-7-2-1-3-8-23/h1-3,7-10,20-21,29H,4-6,11-19H2,(H,35,36). The van der Waals surface area contributed by atoms with Crippen molar-refractivity contribution < 1.29 is 19.4 Å². The molecule has 1 aromatic heterocycles. The van der Waals surface area contributed by atoms with Crippen molar-refractivity contribution in [1.29, 1.82) is 0 Å². The number of amides is 1. The van der Waals surface area contributed by atoms with Crippen LogP contribution in [0, 0.1) is 0 Å². The van der Waals surface area contributed by atoms with Crippen molar-refractivity contribution in [2.75, 3.05) is 63.8 Å². The Kier molecular flexibility index (Phi) is 7.91. The van der Waals surface area contributed by atoms with Gasteiger partial charge in [-0.25, -0.2) is 9.59 Å². The fourth-order valence-electron chi connectivity index (χ4n) is 5.33. The van der Waals surface area contributed by atoms with Crippen LogP contribution in [0.5, 0.6) is 5.75 Å². The van der Waals surface area contributed by atoms with E-state index in [1.165, 1.54) is 5.69 Å². The molecule has 37 heavy (non-hydrogen) atoms. The maximum Gasteiger partial charge on any atom is 0.511 e. The first kappa shape index (κ1) is 25.1. The van der Waals surface area contributed by atoms with Crippen LogP contribution >= 0.6 is 0 Å². The first-order valence-electron chi connectivity index (χ1n) is 13.2. The van der Waals surface area contributed by atoms with E-state index in [1.807, 2.05) is 11.1 Å². The highest BCUT2D eigenvalue weighted by molar-refractivity contribution is 5.94. The molecule has 196 valence electrons. The molecule has 0 aliphatic carbocycles. The molecule has 0 saturated carbocycles. The van der Waals surface area contributed by atoms with Gasteiger partial charge in [-0.3, -0.25) is 9.47 Å². The number of carbonyl (C=O) groups excluding carboxylic acids is 1. The molecular formula is C28H35N5O4. The van der Waals surface area contributed by atoms with Gasteiger partial charge in [0.25, 0.3) is 0 Å². The van der Waals surface area contributed by atoms with Gasteiger partial charge >= 0.3 is 12.2 Å². The Morgan fingerprint density at radius 2 is 1.68 bits per heavy atom. The Hall–Kier alpha value is -3.56. The summed E-state index contributed by atoms with van der Waals surface area (Å²) in [6.07, 6.45) is 3.46. The molecule has 0 unspecified atom stereocenters. The van der Waals surface area contributed by atoms with Gasteiger partial charge in [0.1, 0.15) is 5.75 Å². The summed E-state index contributed by atoms with van der Waals surface area (Å²) in [6.45, 7) is 8.16. The second-order valence-corrected chi connectivity index (χ2v) is 9.71. The molecule has 2 aromatic carbocycles. The van der Waals surface area contributed by atoms with Gasteiger partial charge in [0, 0.05) is 69.6 Å². The summed E-state index contributed by atoms with van der Waals surface area (Å²) in [5, 5.41) is 13.2. The number of hydrogen-bond donors (Lipinski definition) is 2. The van der Waals surface area contributed by atoms with E-state index in [0.29, 0.717) is 13.1 Å². The summed E-state index contributed by atoms with van der Waals surface area (Å²) in [6, 6.07) is 15.7. The topological polar surface area (TPSA) is 90.3 Å². The highest BCUT2D eigenvalue weighted by Crippen LogP contribution is 2.28. The van der Waals surface area contributed by atoms with Gasteiger partial charge in [-0.2, -0.15) is 0 Å². The Morgan fingerprint density at radius 3 is 2.41 bits per heavy atom. The van der Waals surface area contributed by atoms with E-state index >= 15 is 0 Å². The lowest BCUT2D eigenvalue weighted by atomic mass is 10.1. The number of carboxylic acid groups (broad SMARTS) is 1. The number of aromatic nitrogens is 1. The number of ether oxygens (including phenoxy) is 1. The highest BCUT2D eigenvalue weighted by atomic mass is 16.7. The van der Waals surface area contributed by atoms with Crippen LogP contribution in [-0.4, -0.2) is 90.6 Å². The summed E-state index contributed by atoms with van der Waals surface area (Å²) in [4.78, 5) is 31.2. The molecule has 3 heterocycles. The molecule has 1 amide bonds. The zero-order valence-corrected chi connectivity index (χ0v) is 21.1. The number of aryl methyl sites for hydroxylation is 1. The Bertz CT molecular complexity index is 1210. The van der Waals surface area contributed by atoms with Crippen molar-refractivity contribution >= 4 is 28.8 Å². The van der Waals surface area contributed by atoms with Crippen LogP contribution in [0.25, 0.3) is 10.9 Å². The van der Waals surface area contributed by atoms with E-state index in [0.717, 1.165) is 81.5 Å². The molecule has 2 aliphatic rings. The third-order valence-corrected chi connectivity index (χ3v) is 7.32. The SMILES string of the molecule is O=C(O)Oc1ccc2c(c1)c(CCCCN1CCN(c3ccccc3)CC1)cn2C(=O)N1CCNCC1. The summed E-state index contributed by atoms with van der Waals surface area (Å²) < 4.78 is 6.61. The van der Waals surface area contributed by atoms with Crippen molar-refractivity contribution in [3.8, 4) is 5.75 Å². The molecule has 2 aliphatic heterocycles. The maximum absolute atomic E-state index is 13.3. The lowest BCUT2D eigenvalue weighted by Gasteiger charge is -2.36. The molecule has 2 N–H and O–H groups in total. The molecular weight excluding hydrogens is 470 g/mol. The number of carbonyl (C=O) groups is 2. The monoisotopic (exact) mass is 505 g/mol. The Morgan fingerprint density at radius 1 is 0.919 bits per heavy atom. The lowest BCUT2D eigenvalue weighted by molar-refractivity contribution is 0.144. The second-order valence-electron chi connectivity index (χ2n) is 9.71. The molecule has 2 fully saturated rings. The summed E-state index contributed by atoms with van der Waals surface area (Å²) in [7, 11) is 0. The number of benzene rings is 2. The number of hydrogen-bond acceptors (Lipinski definition) is 6. The van der Waals surface area contributed by atoms with Crippen molar-refractivity contribution in [3.05, 3.63) is 60.3 Å². The fourth-order valence-corrected chi connectivity index (χ4v) is 5.33. The zero-order chi connectivity index (χ0) is 25.6. The van der Waals surface area contributed by atoms with Gasteiger partial charge in [-0.1, -0.05) is 18.2 Å². The summed E-state index contributed by atoms with van der Waals surface area (Å²) in [5.41, 5.74) is 3.12. The average molecular weight is 506 g/mol. The van der Waals surface area contributed by atoms with Gasteiger partial charge in [-0.05, 0) is 61.7 Å². The van der Waals surface area contributed by atoms with Crippen molar-refractivity contribution in [3.63, 3.8) is 0 Å². The van der Waals surface area contributed by atoms with Gasteiger partial charge in [-0.15, -0.1) is 0 Å².